The number of allylic oxidation sites excluding steroid dienone is 2. The maximum Gasteiger partial charge on any atom is 0.310 e. The van der Waals surface area contributed by atoms with Crippen LogP contribution in [0.5, 0.6) is 0 Å². The van der Waals surface area contributed by atoms with Crippen LogP contribution < -0.4 is 10.6 Å². The Morgan fingerprint density at radius 1 is 1.02 bits per heavy atom. The molecule has 1 aromatic rings. The molecule has 2 rings (SSSR count). The molecule has 5 atom stereocenters. The van der Waals surface area contributed by atoms with Crippen LogP contribution in [0.1, 0.15) is 50.7 Å². The topological polar surface area (TPSA) is 134 Å². The van der Waals surface area contributed by atoms with Gasteiger partial charge in [-0.15, -0.1) is 13.2 Å². The fraction of sp³-hybridized carbons (Fsp3) is 0.533. The van der Waals surface area contributed by atoms with Crippen molar-refractivity contribution in [3.63, 3.8) is 0 Å². The van der Waals surface area contributed by atoms with Gasteiger partial charge < -0.3 is 30.1 Å². The highest BCUT2D eigenvalue weighted by Crippen LogP contribution is 2.26. The highest BCUT2D eigenvalue weighted by atomic mass is 16.5. The second-order valence-corrected chi connectivity index (χ2v) is 10.0. The van der Waals surface area contributed by atoms with Gasteiger partial charge in [0.2, 0.25) is 17.7 Å². The van der Waals surface area contributed by atoms with Crippen LogP contribution in [0.4, 0.5) is 0 Å². The first-order valence-electron chi connectivity index (χ1n) is 13.7. The third-order valence-corrected chi connectivity index (χ3v) is 6.77. The fourth-order valence-electron chi connectivity index (χ4n) is 4.57. The van der Waals surface area contributed by atoms with Gasteiger partial charge in [0.1, 0.15) is 12.0 Å². The number of ether oxygens (including phenoxy) is 2. The Balaban J connectivity index is 2.30. The number of esters is 1. The van der Waals surface area contributed by atoms with E-state index in [9.17, 15) is 24.3 Å². The van der Waals surface area contributed by atoms with Gasteiger partial charge in [-0.1, -0.05) is 42.5 Å². The van der Waals surface area contributed by atoms with Gasteiger partial charge in [-0.25, -0.2) is 0 Å². The standard InChI is InChI=1S/C30H43N3O7/c1-5-12-23(18-26(35)33-16-10-11-17-33)30(38)40-27(22-14-8-7-9-15-22)25(20-39-4)32-29(37)24(13-6-2)28(36)31-21(3)19-34/h5-9,14-15,21,23-25,27,34H,1-2,10-13,16-20H2,3-4H3,(H,31,36)(H,32,37)/t21-,23-,24?,25-,27-/m0/s1. The number of methoxy groups -OCH3 is 1. The molecule has 1 fully saturated rings. The number of hydrogen-bond donors (Lipinski definition) is 3. The molecule has 1 unspecified atom stereocenters. The number of aliphatic hydroxyl groups excluding tert-OH is 1. The molecule has 3 N–H and O–H groups in total. The molecule has 10 heteroatoms. The Labute approximate surface area is 236 Å². The summed E-state index contributed by atoms with van der Waals surface area (Å²) in [6, 6.07) is 7.52. The highest BCUT2D eigenvalue weighted by molar-refractivity contribution is 6.00. The zero-order valence-corrected chi connectivity index (χ0v) is 23.6. The van der Waals surface area contributed by atoms with E-state index >= 15 is 0 Å². The zero-order chi connectivity index (χ0) is 29.5. The predicted octanol–water partition coefficient (Wildman–Crippen LogP) is 2.30. The van der Waals surface area contributed by atoms with E-state index < -0.39 is 47.8 Å². The van der Waals surface area contributed by atoms with Crippen LogP contribution >= 0.6 is 0 Å². The predicted molar refractivity (Wildman–Crippen MR) is 151 cm³/mol. The first kappa shape index (κ1) is 32.7. The minimum absolute atomic E-state index is 0.00170. The van der Waals surface area contributed by atoms with Gasteiger partial charge in [0.25, 0.3) is 0 Å². The molecule has 1 aliphatic heterocycles. The lowest BCUT2D eigenvalue weighted by atomic mass is 9.97. The molecule has 10 nitrogen and oxygen atoms in total. The zero-order valence-electron chi connectivity index (χ0n) is 23.6. The van der Waals surface area contributed by atoms with Crippen molar-refractivity contribution >= 4 is 23.7 Å². The van der Waals surface area contributed by atoms with Gasteiger partial charge in [0.15, 0.2) is 0 Å². The van der Waals surface area contributed by atoms with Crippen LogP contribution in [-0.4, -0.2) is 79.2 Å². The van der Waals surface area contributed by atoms with Crippen molar-refractivity contribution in [3.05, 3.63) is 61.2 Å². The molecule has 0 aliphatic carbocycles. The minimum atomic E-state index is -1.12. The number of aliphatic hydroxyl groups is 1. The van der Waals surface area contributed by atoms with Gasteiger partial charge in [0.05, 0.1) is 25.2 Å². The first-order valence-corrected chi connectivity index (χ1v) is 13.7. The molecule has 3 amide bonds. The largest absolute Gasteiger partial charge is 0.455 e. The van der Waals surface area contributed by atoms with E-state index in [-0.39, 0.29) is 38.4 Å². The number of amides is 3. The van der Waals surface area contributed by atoms with E-state index in [1.54, 1.807) is 42.2 Å². The molecule has 40 heavy (non-hydrogen) atoms. The van der Waals surface area contributed by atoms with Gasteiger partial charge in [-0.05, 0) is 38.2 Å². The van der Waals surface area contributed by atoms with Crippen molar-refractivity contribution in [2.24, 2.45) is 11.8 Å². The summed E-state index contributed by atoms with van der Waals surface area (Å²) in [6.07, 6.45) is 4.29. The number of likely N-dealkylation sites (tertiary alicyclic amines) is 1. The molecular formula is C30H43N3O7. The molecule has 0 radical (unpaired) electrons. The summed E-state index contributed by atoms with van der Waals surface area (Å²) in [4.78, 5) is 54.2. The highest BCUT2D eigenvalue weighted by Gasteiger charge is 2.35. The molecule has 0 spiro atoms. The van der Waals surface area contributed by atoms with Crippen LogP contribution in [0.3, 0.4) is 0 Å². The van der Waals surface area contributed by atoms with E-state index in [1.165, 1.54) is 13.2 Å². The maximum absolute atomic E-state index is 13.5. The summed E-state index contributed by atoms with van der Waals surface area (Å²) in [7, 11) is 1.45. The molecule has 1 aromatic carbocycles. The normalized spacial score (nSPS) is 16.6. The summed E-state index contributed by atoms with van der Waals surface area (Å²) in [5, 5.41) is 14.7. The van der Waals surface area contributed by atoms with E-state index in [2.05, 4.69) is 23.8 Å². The Hall–Kier alpha value is -3.50. The monoisotopic (exact) mass is 557 g/mol. The number of hydrogen-bond acceptors (Lipinski definition) is 7. The average molecular weight is 558 g/mol. The summed E-state index contributed by atoms with van der Waals surface area (Å²) in [6.45, 7) is 10.1. The summed E-state index contributed by atoms with van der Waals surface area (Å²) in [5.41, 5.74) is 0.611. The van der Waals surface area contributed by atoms with E-state index in [4.69, 9.17) is 9.47 Å². The van der Waals surface area contributed by atoms with Gasteiger partial charge in [-0.3, -0.25) is 19.2 Å². The van der Waals surface area contributed by atoms with E-state index in [1.807, 2.05) is 6.07 Å². The molecule has 1 heterocycles. The second-order valence-electron chi connectivity index (χ2n) is 10.0. The Morgan fingerprint density at radius 3 is 2.23 bits per heavy atom. The second kappa shape index (κ2) is 17.2. The van der Waals surface area contributed by atoms with Crippen LogP contribution in [0.25, 0.3) is 0 Å². The Bertz CT molecular complexity index is 994. The van der Waals surface area contributed by atoms with Crippen LogP contribution in [0.2, 0.25) is 0 Å². The smallest absolute Gasteiger partial charge is 0.310 e. The number of nitrogens with zero attached hydrogens (tertiary/aromatic N) is 1. The van der Waals surface area contributed by atoms with Crippen LogP contribution in [0.15, 0.2) is 55.6 Å². The van der Waals surface area contributed by atoms with Gasteiger partial charge in [-0.2, -0.15) is 0 Å². The van der Waals surface area contributed by atoms with Crippen molar-refractivity contribution in [1.29, 1.82) is 0 Å². The van der Waals surface area contributed by atoms with Crippen LogP contribution in [0, 0.1) is 11.8 Å². The fourth-order valence-corrected chi connectivity index (χ4v) is 4.57. The molecule has 0 bridgehead atoms. The summed E-state index contributed by atoms with van der Waals surface area (Å²) < 4.78 is 11.4. The van der Waals surface area contributed by atoms with Crippen molar-refractivity contribution in [3.8, 4) is 0 Å². The number of rotatable bonds is 17. The number of nitrogens with one attached hydrogen (secondary N) is 2. The Kier molecular flexibility index (Phi) is 14.1. The quantitative estimate of drug-likeness (QED) is 0.152. The van der Waals surface area contributed by atoms with Crippen molar-refractivity contribution in [1.82, 2.24) is 15.5 Å². The van der Waals surface area contributed by atoms with Crippen molar-refractivity contribution in [2.45, 2.75) is 57.2 Å². The third-order valence-electron chi connectivity index (χ3n) is 6.77. The molecule has 1 aliphatic rings. The van der Waals surface area contributed by atoms with Gasteiger partial charge >= 0.3 is 5.97 Å². The number of benzene rings is 1. The molecule has 1 saturated heterocycles. The van der Waals surface area contributed by atoms with Crippen molar-refractivity contribution in [2.75, 3.05) is 33.4 Å². The number of carbonyl (C=O) groups is 4. The maximum atomic E-state index is 13.5. The molecule has 220 valence electrons. The van der Waals surface area contributed by atoms with Crippen LogP contribution in [-0.2, 0) is 28.7 Å². The molecule has 0 saturated carbocycles. The van der Waals surface area contributed by atoms with Gasteiger partial charge in [0, 0.05) is 32.7 Å². The SMILES string of the molecule is C=CCC(C(=O)N[C@@H](COC)[C@@H](OC(=O)[C@@H](CC=C)CC(=O)N1CCCC1)c1ccccc1)C(=O)N[C@@H](C)CO. The Morgan fingerprint density at radius 2 is 1.65 bits per heavy atom. The average Bonchev–Trinajstić information content (AvgIpc) is 3.49. The third kappa shape index (κ3) is 9.91. The lowest BCUT2D eigenvalue weighted by molar-refractivity contribution is -0.160. The lowest BCUT2D eigenvalue weighted by Gasteiger charge is -2.30. The van der Waals surface area contributed by atoms with E-state index in [0.29, 0.717) is 18.7 Å². The number of carbonyl (C=O) groups excluding carboxylic acids is 4. The lowest BCUT2D eigenvalue weighted by Crippen LogP contribution is -2.50. The minimum Gasteiger partial charge on any atom is -0.455 e. The molecule has 0 aromatic heterocycles. The first-order chi connectivity index (χ1) is 19.2. The van der Waals surface area contributed by atoms with Crippen molar-refractivity contribution < 1.29 is 33.8 Å². The summed E-state index contributed by atoms with van der Waals surface area (Å²) >= 11 is 0. The summed E-state index contributed by atoms with van der Waals surface area (Å²) in [5.74, 6) is -3.72. The molecular weight excluding hydrogens is 514 g/mol. The van der Waals surface area contributed by atoms with E-state index in [0.717, 1.165) is 12.8 Å².